The van der Waals surface area contributed by atoms with Crippen LogP contribution in [0.15, 0.2) is 29.2 Å². The number of sulfonamides is 1. The van der Waals surface area contributed by atoms with Crippen molar-refractivity contribution in [2.45, 2.75) is 31.7 Å². The van der Waals surface area contributed by atoms with Gasteiger partial charge in [0.05, 0.1) is 11.5 Å². The number of hydrogen-bond acceptors (Lipinski definition) is 4. The summed E-state index contributed by atoms with van der Waals surface area (Å²) in [6.07, 6.45) is 0. The Morgan fingerprint density at radius 2 is 1.95 bits per heavy atom. The van der Waals surface area contributed by atoms with Gasteiger partial charge in [0.25, 0.3) is 0 Å². The summed E-state index contributed by atoms with van der Waals surface area (Å²) in [4.78, 5) is 0.327. The average molecular weight is 349 g/mol. The van der Waals surface area contributed by atoms with Gasteiger partial charge in [-0.1, -0.05) is 13.8 Å². The molecule has 2 rings (SSSR count). The smallest absolute Gasteiger partial charge is 0.243 e. The van der Waals surface area contributed by atoms with Crippen LogP contribution in [0.1, 0.15) is 20.8 Å². The van der Waals surface area contributed by atoms with Crippen LogP contribution in [0.3, 0.4) is 0 Å². The number of benzene rings is 1. The molecule has 5 nitrogen and oxygen atoms in total. The molecular weight excluding hydrogens is 324 g/mol. The maximum Gasteiger partial charge on any atom is 0.243 e. The van der Waals surface area contributed by atoms with Gasteiger partial charge in [-0.3, -0.25) is 0 Å². The first-order valence-corrected chi connectivity index (χ1v) is 8.80. The number of nitrogens with zero attached hydrogens (tertiary/aromatic N) is 1. The van der Waals surface area contributed by atoms with Gasteiger partial charge in [-0.15, -0.1) is 12.4 Å². The molecule has 22 heavy (non-hydrogen) atoms. The first-order valence-electron chi connectivity index (χ1n) is 7.36. The van der Waals surface area contributed by atoms with E-state index in [-0.39, 0.29) is 18.4 Å². The minimum absolute atomic E-state index is 0. The first kappa shape index (κ1) is 19.2. The normalized spacial score (nSPS) is 19.7. The first-order chi connectivity index (χ1) is 9.89. The third-order valence-corrected chi connectivity index (χ3v) is 5.26. The number of piperazine rings is 1. The molecule has 1 saturated heterocycles. The molecule has 1 aliphatic rings. The molecule has 0 radical (unpaired) electrons. The Morgan fingerprint density at radius 3 is 2.50 bits per heavy atom. The highest BCUT2D eigenvalue weighted by Crippen LogP contribution is 2.21. The second-order valence-electron chi connectivity index (χ2n) is 5.89. The van der Waals surface area contributed by atoms with Gasteiger partial charge in [0, 0.05) is 25.7 Å². The molecule has 0 amide bonds. The third kappa shape index (κ3) is 4.84. The van der Waals surface area contributed by atoms with Crippen molar-refractivity contribution < 1.29 is 13.2 Å². The van der Waals surface area contributed by atoms with Gasteiger partial charge in [-0.05, 0) is 37.1 Å². The lowest BCUT2D eigenvalue weighted by molar-refractivity contribution is 0.271. The minimum atomic E-state index is -3.41. The minimum Gasteiger partial charge on any atom is -0.493 e. The molecule has 1 N–H and O–H groups in total. The van der Waals surface area contributed by atoms with Crippen LogP contribution in [0.25, 0.3) is 0 Å². The summed E-state index contributed by atoms with van der Waals surface area (Å²) >= 11 is 0. The third-order valence-electron chi connectivity index (χ3n) is 3.38. The highest BCUT2D eigenvalue weighted by Gasteiger charge is 2.28. The van der Waals surface area contributed by atoms with Gasteiger partial charge in [-0.2, -0.15) is 4.31 Å². The zero-order valence-electron chi connectivity index (χ0n) is 13.3. The molecule has 0 saturated carbocycles. The summed E-state index contributed by atoms with van der Waals surface area (Å²) < 4.78 is 32.3. The van der Waals surface area contributed by atoms with E-state index in [2.05, 4.69) is 19.2 Å². The number of hydrogen-bond donors (Lipinski definition) is 1. The van der Waals surface area contributed by atoms with E-state index in [0.29, 0.717) is 42.8 Å². The fraction of sp³-hybridized carbons (Fsp3) is 0.600. The lowest BCUT2D eigenvalue weighted by Crippen LogP contribution is -2.51. The van der Waals surface area contributed by atoms with Crippen LogP contribution >= 0.6 is 12.4 Å². The Morgan fingerprint density at radius 1 is 1.32 bits per heavy atom. The van der Waals surface area contributed by atoms with E-state index < -0.39 is 10.0 Å². The molecule has 1 aliphatic heterocycles. The van der Waals surface area contributed by atoms with Gasteiger partial charge in [0.15, 0.2) is 0 Å². The second-order valence-corrected chi connectivity index (χ2v) is 7.83. The second kappa shape index (κ2) is 8.15. The molecule has 0 bridgehead atoms. The summed E-state index contributed by atoms with van der Waals surface area (Å²) in [6.45, 7) is 8.48. The fourth-order valence-corrected chi connectivity index (χ4v) is 3.76. The van der Waals surface area contributed by atoms with Crippen LogP contribution in [-0.2, 0) is 10.0 Å². The topological polar surface area (TPSA) is 58.6 Å². The van der Waals surface area contributed by atoms with Gasteiger partial charge in [0.2, 0.25) is 10.0 Å². The fourth-order valence-electron chi connectivity index (χ4n) is 2.24. The summed E-state index contributed by atoms with van der Waals surface area (Å²) in [6, 6.07) is 6.87. The molecule has 1 aromatic carbocycles. The zero-order valence-corrected chi connectivity index (χ0v) is 14.9. The molecule has 0 aromatic heterocycles. The van der Waals surface area contributed by atoms with Crippen molar-refractivity contribution in [3.05, 3.63) is 24.3 Å². The van der Waals surface area contributed by atoms with Crippen molar-refractivity contribution in [2.75, 3.05) is 26.2 Å². The summed E-state index contributed by atoms with van der Waals surface area (Å²) in [5, 5.41) is 3.25. The van der Waals surface area contributed by atoms with Gasteiger partial charge in [-0.25, -0.2) is 8.42 Å². The molecule has 0 unspecified atom stereocenters. The van der Waals surface area contributed by atoms with E-state index in [4.69, 9.17) is 4.74 Å². The van der Waals surface area contributed by atoms with Crippen LogP contribution in [0.5, 0.6) is 5.75 Å². The Kier molecular flexibility index (Phi) is 7.12. The van der Waals surface area contributed by atoms with Crippen molar-refractivity contribution in [3.63, 3.8) is 0 Å². The highest BCUT2D eigenvalue weighted by molar-refractivity contribution is 7.89. The molecule has 0 aliphatic carbocycles. The Labute approximate surface area is 139 Å². The maximum atomic E-state index is 12.6. The molecule has 1 aromatic rings. The average Bonchev–Trinajstić information content (AvgIpc) is 2.45. The van der Waals surface area contributed by atoms with Crippen molar-refractivity contribution in [3.8, 4) is 5.75 Å². The molecule has 1 fully saturated rings. The quantitative estimate of drug-likeness (QED) is 0.885. The lowest BCUT2D eigenvalue weighted by Gasteiger charge is -2.31. The van der Waals surface area contributed by atoms with Crippen LogP contribution < -0.4 is 10.1 Å². The van der Waals surface area contributed by atoms with Crippen molar-refractivity contribution >= 4 is 22.4 Å². The SMILES string of the molecule is CC(C)COc1ccc(S(=O)(=O)N2CCN[C@@H](C)C2)cc1.Cl. The van der Waals surface area contributed by atoms with Crippen molar-refractivity contribution in [1.82, 2.24) is 9.62 Å². The van der Waals surface area contributed by atoms with Crippen molar-refractivity contribution in [1.29, 1.82) is 0 Å². The molecule has 1 atom stereocenters. The van der Waals surface area contributed by atoms with Crippen LogP contribution in [0, 0.1) is 5.92 Å². The van der Waals surface area contributed by atoms with Crippen LogP contribution in [0.4, 0.5) is 0 Å². The van der Waals surface area contributed by atoms with Crippen LogP contribution in [0.2, 0.25) is 0 Å². The predicted octanol–water partition coefficient (Wildman–Crippen LogP) is 2.13. The van der Waals surface area contributed by atoms with E-state index in [1.165, 1.54) is 4.31 Å². The largest absolute Gasteiger partial charge is 0.493 e. The summed E-state index contributed by atoms with van der Waals surface area (Å²) in [5.74, 6) is 1.15. The lowest BCUT2D eigenvalue weighted by atomic mass is 10.2. The van der Waals surface area contributed by atoms with Gasteiger partial charge < -0.3 is 10.1 Å². The van der Waals surface area contributed by atoms with E-state index in [1.807, 2.05) is 6.92 Å². The highest BCUT2D eigenvalue weighted by atomic mass is 35.5. The number of nitrogens with one attached hydrogen (secondary N) is 1. The Balaban J connectivity index is 0.00000242. The zero-order chi connectivity index (χ0) is 15.5. The summed E-state index contributed by atoms with van der Waals surface area (Å²) in [7, 11) is -3.41. The molecular formula is C15H25ClN2O3S. The monoisotopic (exact) mass is 348 g/mol. The number of ether oxygens (including phenoxy) is 1. The Hall–Kier alpha value is -0.820. The van der Waals surface area contributed by atoms with E-state index >= 15 is 0 Å². The number of rotatable bonds is 5. The predicted molar refractivity (Wildman–Crippen MR) is 90.2 cm³/mol. The molecule has 1 heterocycles. The molecule has 0 spiro atoms. The number of halogens is 1. The summed E-state index contributed by atoms with van der Waals surface area (Å²) in [5.41, 5.74) is 0. The van der Waals surface area contributed by atoms with Crippen LogP contribution in [-0.4, -0.2) is 45.0 Å². The standard InChI is InChI=1S/C15H24N2O3S.ClH/c1-12(2)11-20-14-4-6-15(7-5-14)21(18,19)17-9-8-16-13(3)10-17;/h4-7,12-13,16H,8-11H2,1-3H3;1H/t13-;/m0./s1. The van der Waals surface area contributed by atoms with E-state index in [1.54, 1.807) is 24.3 Å². The molecule has 7 heteroatoms. The molecule has 126 valence electrons. The Bertz CT molecular complexity index is 561. The van der Waals surface area contributed by atoms with Gasteiger partial charge >= 0.3 is 0 Å². The maximum absolute atomic E-state index is 12.6. The van der Waals surface area contributed by atoms with E-state index in [9.17, 15) is 8.42 Å². The van der Waals surface area contributed by atoms with Crippen molar-refractivity contribution in [2.24, 2.45) is 5.92 Å². The van der Waals surface area contributed by atoms with Gasteiger partial charge in [0.1, 0.15) is 5.75 Å². The van der Waals surface area contributed by atoms with E-state index in [0.717, 1.165) is 0 Å².